The highest BCUT2D eigenvalue weighted by Gasteiger charge is 2.35. The fourth-order valence-electron chi connectivity index (χ4n) is 2.40. The number of nitrogens with two attached hydrogens (primary N) is 2. The van der Waals surface area contributed by atoms with Crippen LogP contribution < -0.4 is 21.5 Å². The molecule has 1 aliphatic rings. The molecule has 1 aromatic heterocycles. The summed E-state index contributed by atoms with van der Waals surface area (Å²) in [5.41, 5.74) is 12.0. The molecular formula is C14H17N5O3. The van der Waals surface area contributed by atoms with Crippen LogP contribution in [-0.2, 0) is 16.1 Å². The molecule has 2 amide bonds. The number of fused-ring (bicyclic) bond motifs is 2. The molecule has 0 spiro atoms. The number of rotatable bonds is 3. The number of anilines is 2. The van der Waals surface area contributed by atoms with E-state index in [0.717, 1.165) is 5.52 Å². The van der Waals surface area contributed by atoms with Crippen LogP contribution in [0, 0.1) is 0 Å². The molecule has 22 heavy (non-hydrogen) atoms. The molecule has 0 bridgehead atoms. The number of ether oxygens (including phenoxy) is 1. The van der Waals surface area contributed by atoms with E-state index in [9.17, 15) is 9.59 Å². The van der Waals surface area contributed by atoms with Gasteiger partial charge >= 0.3 is 0 Å². The van der Waals surface area contributed by atoms with E-state index >= 15 is 0 Å². The number of imidazole rings is 1. The fraction of sp³-hybridized carbons (Fsp3) is 0.357. The van der Waals surface area contributed by atoms with Crippen LogP contribution in [0.15, 0.2) is 12.1 Å². The maximum atomic E-state index is 11.9. The van der Waals surface area contributed by atoms with Gasteiger partial charge in [-0.05, 0) is 19.9 Å². The summed E-state index contributed by atoms with van der Waals surface area (Å²) in [5, 5.41) is 2.79. The number of hydrogen-bond donors (Lipinski definition) is 3. The quantitative estimate of drug-likeness (QED) is 0.765. The molecule has 2 aromatic rings. The Kier molecular flexibility index (Phi) is 2.98. The Morgan fingerprint density at radius 3 is 2.86 bits per heavy atom. The van der Waals surface area contributed by atoms with Gasteiger partial charge in [0, 0.05) is 19.0 Å². The number of carbonyl (C=O) groups excluding carboxylic acids is 2. The second-order valence-electron chi connectivity index (χ2n) is 5.74. The molecular weight excluding hydrogens is 286 g/mol. The number of nitrogens with one attached hydrogen (secondary N) is 1. The molecule has 5 N–H and O–H groups in total. The summed E-state index contributed by atoms with van der Waals surface area (Å²) < 4.78 is 7.45. The van der Waals surface area contributed by atoms with E-state index < -0.39 is 11.5 Å². The van der Waals surface area contributed by atoms with E-state index in [4.69, 9.17) is 16.2 Å². The zero-order chi connectivity index (χ0) is 16.1. The van der Waals surface area contributed by atoms with Crippen LogP contribution >= 0.6 is 0 Å². The molecule has 116 valence electrons. The first-order valence-corrected chi connectivity index (χ1v) is 6.86. The third kappa shape index (κ3) is 2.22. The van der Waals surface area contributed by atoms with E-state index in [-0.39, 0.29) is 18.3 Å². The van der Waals surface area contributed by atoms with Gasteiger partial charge < -0.3 is 26.1 Å². The average molecular weight is 303 g/mol. The van der Waals surface area contributed by atoms with Crippen LogP contribution in [0.1, 0.15) is 20.3 Å². The number of aromatic nitrogens is 2. The number of aryl methyl sites for hydroxylation is 1. The zero-order valence-electron chi connectivity index (χ0n) is 12.3. The van der Waals surface area contributed by atoms with Gasteiger partial charge in [0.15, 0.2) is 5.60 Å². The Bertz CT molecular complexity index is 793. The lowest BCUT2D eigenvalue weighted by molar-refractivity contribution is -0.129. The standard InChI is InChI=1S/C14H17N5O3/c1-14(2)12(21)17-8-5-7-9(6-10(8)22-14)19(13(16)18-7)4-3-11(15)20/h5-6H,3-4H2,1-2H3,(H2,15,20)(H2,16,18)(H,17,21). The topological polar surface area (TPSA) is 125 Å². The number of nitrogens with zero attached hydrogens (tertiary/aromatic N) is 2. The van der Waals surface area contributed by atoms with Gasteiger partial charge in [0.05, 0.1) is 16.7 Å². The van der Waals surface area contributed by atoms with E-state index in [0.29, 0.717) is 23.5 Å². The normalized spacial score (nSPS) is 16.0. The Balaban J connectivity index is 2.08. The minimum absolute atomic E-state index is 0.163. The molecule has 3 rings (SSSR count). The number of hydrogen-bond acceptors (Lipinski definition) is 5. The highest BCUT2D eigenvalue weighted by Crippen LogP contribution is 2.37. The molecule has 0 atom stereocenters. The van der Waals surface area contributed by atoms with Crippen molar-refractivity contribution in [1.82, 2.24) is 9.55 Å². The number of nitrogen functional groups attached to an aromatic ring is 1. The van der Waals surface area contributed by atoms with E-state index in [2.05, 4.69) is 10.3 Å². The molecule has 0 fully saturated rings. The Morgan fingerprint density at radius 1 is 1.45 bits per heavy atom. The lowest BCUT2D eigenvalue weighted by Gasteiger charge is -2.31. The second kappa shape index (κ2) is 4.62. The van der Waals surface area contributed by atoms with Crippen molar-refractivity contribution in [3.8, 4) is 5.75 Å². The van der Waals surface area contributed by atoms with Crippen LogP contribution in [0.3, 0.4) is 0 Å². The number of primary amides is 1. The molecule has 0 saturated heterocycles. The number of amides is 2. The summed E-state index contributed by atoms with van der Waals surface area (Å²) in [6.07, 6.45) is 0.163. The summed E-state index contributed by atoms with van der Waals surface area (Å²) in [4.78, 5) is 27.1. The van der Waals surface area contributed by atoms with Crippen molar-refractivity contribution in [3.05, 3.63) is 12.1 Å². The van der Waals surface area contributed by atoms with Crippen molar-refractivity contribution in [2.24, 2.45) is 5.73 Å². The van der Waals surface area contributed by atoms with Crippen molar-refractivity contribution in [2.45, 2.75) is 32.4 Å². The molecule has 1 aliphatic heterocycles. The van der Waals surface area contributed by atoms with E-state index in [1.54, 1.807) is 30.5 Å². The van der Waals surface area contributed by atoms with Crippen LogP contribution in [0.4, 0.5) is 11.6 Å². The molecule has 0 aliphatic carbocycles. The average Bonchev–Trinajstić information content (AvgIpc) is 2.70. The highest BCUT2D eigenvalue weighted by atomic mass is 16.5. The third-order valence-corrected chi connectivity index (χ3v) is 3.62. The summed E-state index contributed by atoms with van der Waals surface area (Å²) in [7, 11) is 0. The van der Waals surface area contributed by atoms with Gasteiger partial charge in [-0.15, -0.1) is 0 Å². The first-order chi connectivity index (χ1) is 10.3. The summed E-state index contributed by atoms with van der Waals surface area (Å²) in [5.74, 6) is 0.186. The van der Waals surface area contributed by atoms with Gasteiger partial charge in [-0.1, -0.05) is 0 Å². The molecule has 0 unspecified atom stereocenters. The minimum Gasteiger partial charge on any atom is -0.476 e. The summed E-state index contributed by atoms with van der Waals surface area (Å²) >= 11 is 0. The SMILES string of the molecule is CC1(C)Oc2cc3c(cc2NC1=O)nc(N)n3CCC(N)=O. The molecule has 2 heterocycles. The van der Waals surface area contributed by atoms with Crippen molar-refractivity contribution >= 4 is 34.5 Å². The zero-order valence-corrected chi connectivity index (χ0v) is 12.3. The maximum absolute atomic E-state index is 11.9. The Hall–Kier alpha value is -2.77. The van der Waals surface area contributed by atoms with Crippen LogP contribution in [0.5, 0.6) is 5.75 Å². The van der Waals surface area contributed by atoms with E-state index in [1.807, 2.05) is 0 Å². The van der Waals surface area contributed by atoms with Crippen molar-refractivity contribution < 1.29 is 14.3 Å². The molecule has 0 saturated carbocycles. The predicted octanol–water partition coefficient (Wildman–Crippen LogP) is 0.603. The van der Waals surface area contributed by atoms with Gasteiger partial charge in [0.25, 0.3) is 5.91 Å². The second-order valence-corrected chi connectivity index (χ2v) is 5.74. The van der Waals surface area contributed by atoms with Gasteiger partial charge in [-0.2, -0.15) is 0 Å². The van der Waals surface area contributed by atoms with Gasteiger partial charge in [-0.3, -0.25) is 9.59 Å². The summed E-state index contributed by atoms with van der Waals surface area (Å²) in [6, 6.07) is 3.46. The number of benzene rings is 1. The lowest BCUT2D eigenvalue weighted by Crippen LogP contribution is -2.45. The number of carbonyl (C=O) groups is 2. The van der Waals surface area contributed by atoms with Crippen LogP contribution in [0.2, 0.25) is 0 Å². The van der Waals surface area contributed by atoms with Gasteiger partial charge in [-0.25, -0.2) is 4.98 Å². The Morgan fingerprint density at radius 2 is 2.18 bits per heavy atom. The van der Waals surface area contributed by atoms with Crippen LogP contribution in [0.25, 0.3) is 11.0 Å². The fourth-order valence-corrected chi connectivity index (χ4v) is 2.40. The minimum atomic E-state index is -0.954. The smallest absolute Gasteiger partial charge is 0.268 e. The molecule has 8 nitrogen and oxygen atoms in total. The maximum Gasteiger partial charge on any atom is 0.268 e. The first-order valence-electron chi connectivity index (χ1n) is 6.86. The lowest BCUT2D eigenvalue weighted by atomic mass is 10.1. The Labute approximate surface area is 126 Å². The predicted molar refractivity (Wildman–Crippen MR) is 81.3 cm³/mol. The van der Waals surface area contributed by atoms with Crippen molar-refractivity contribution in [2.75, 3.05) is 11.1 Å². The largest absolute Gasteiger partial charge is 0.476 e. The first kappa shape index (κ1) is 14.2. The van der Waals surface area contributed by atoms with Gasteiger partial charge in [0.2, 0.25) is 11.9 Å². The van der Waals surface area contributed by atoms with Crippen molar-refractivity contribution in [3.63, 3.8) is 0 Å². The molecule has 1 aromatic carbocycles. The van der Waals surface area contributed by atoms with E-state index in [1.165, 1.54) is 0 Å². The highest BCUT2D eigenvalue weighted by molar-refractivity contribution is 6.02. The monoisotopic (exact) mass is 303 g/mol. The third-order valence-electron chi connectivity index (χ3n) is 3.62. The van der Waals surface area contributed by atoms with Crippen molar-refractivity contribution in [1.29, 1.82) is 0 Å². The summed E-state index contributed by atoms with van der Waals surface area (Å²) in [6.45, 7) is 3.72. The molecule has 0 radical (unpaired) electrons. The van der Waals surface area contributed by atoms with Gasteiger partial charge in [0.1, 0.15) is 5.75 Å². The molecule has 8 heteroatoms. The van der Waals surface area contributed by atoms with Crippen LogP contribution in [-0.4, -0.2) is 27.0 Å².